The zero-order valence-corrected chi connectivity index (χ0v) is 29.7. The average Bonchev–Trinajstić information content (AvgIpc) is 3.46. The monoisotopic (exact) mass is 680 g/mol. The van der Waals surface area contributed by atoms with Gasteiger partial charge in [0.15, 0.2) is 17.5 Å². The fraction of sp³-hybridized carbons (Fsp3) is 0.102. The molecule has 252 valence electrons. The third-order valence-corrected chi connectivity index (χ3v) is 10.7. The maximum atomic E-state index is 9.56. The summed E-state index contributed by atoms with van der Waals surface area (Å²) in [6.07, 6.45) is 7.58. The lowest BCUT2D eigenvalue weighted by Gasteiger charge is -2.22. The quantitative estimate of drug-likeness (QED) is 0.175. The molecule has 1 aromatic heterocycles. The van der Waals surface area contributed by atoms with Gasteiger partial charge in [0.2, 0.25) is 0 Å². The van der Waals surface area contributed by atoms with Crippen molar-refractivity contribution >= 4 is 5.57 Å². The van der Waals surface area contributed by atoms with Gasteiger partial charge in [-0.05, 0) is 74.7 Å². The third kappa shape index (κ3) is 5.97. The van der Waals surface area contributed by atoms with Crippen molar-refractivity contribution in [1.82, 2.24) is 15.0 Å². The minimum absolute atomic E-state index is 0.167. The van der Waals surface area contributed by atoms with Crippen molar-refractivity contribution in [2.75, 3.05) is 0 Å². The van der Waals surface area contributed by atoms with Gasteiger partial charge in [-0.25, -0.2) is 15.0 Å². The fourth-order valence-corrected chi connectivity index (χ4v) is 7.79. The van der Waals surface area contributed by atoms with Gasteiger partial charge in [-0.2, -0.15) is 5.26 Å². The number of fused-ring (bicyclic) bond motifs is 3. The van der Waals surface area contributed by atoms with Gasteiger partial charge in [0.25, 0.3) is 0 Å². The highest BCUT2D eigenvalue weighted by molar-refractivity contribution is 5.84. The lowest BCUT2D eigenvalue weighted by Crippen LogP contribution is -2.15. The molecule has 0 amide bonds. The Morgan fingerprint density at radius 3 is 1.81 bits per heavy atom. The summed E-state index contributed by atoms with van der Waals surface area (Å²) < 4.78 is 0. The molecule has 0 bridgehead atoms. The lowest BCUT2D eigenvalue weighted by molar-refractivity contribution is 0.660. The van der Waals surface area contributed by atoms with E-state index in [9.17, 15) is 5.26 Å². The Hall–Kier alpha value is -6.70. The van der Waals surface area contributed by atoms with E-state index in [1.165, 1.54) is 44.5 Å². The minimum Gasteiger partial charge on any atom is -0.208 e. The molecule has 0 N–H and O–H groups in total. The Morgan fingerprint density at radius 2 is 1.09 bits per heavy atom. The van der Waals surface area contributed by atoms with Crippen molar-refractivity contribution in [2.24, 2.45) is 0 Å². The zero-order valence-electron chi connectivity index (χ0n) is 29.7. The van der Waals surface area contributed by atoms with Gasteiger partial charge in [-0.1, -0.05) is 159 Å². The molecule has 6 aromatic carbocycles. The molecular weight excluding hydrogens is 645 g/mol. The Bertz CT molecular complexity index is 2610. The SMILES string of the molecule is CC1(C)c2cc(C#N)ccc2-c2ccc(-c3cccc(C4C=C(c5nc(-c6ccccc6)nc(-c6ccc(-c7ccccc7)cc6)n5)C=CC4)c3)cc21. The molecular formula is C49H36N4. The molecule has 2 aliphatic carbocycles. The molecule has 1 heterocycles. The summed E-state index contributed by atoms with van der Waals surface area (Å²) in [5.74, 6) is 2.14. The van der Waals surface area contributed by atoms with E-state index in [0.29, 0.717) is 23.0 Å². The van der Waals surface area contributed by atoms with E-state index in [4.69, 9.17) is 15.0 Å². The first-order valence-electron chi connectivity index (χ1n) is 18.1. The van der Waals surface area contributed by atoms with Gasteiger partial charge >= 0.3 is 0 Å². The first kappa shape index (κ1) is 32.2. The van der Waals surface area contributed by atoms with Gasteiger partial charge in [0.05, 0.1) is 11.6 Å². The fourth-order valence-electron chi connectivity index (χ4n) is 7.79. The third-order valence-electron chi connectivity index (χ3n) is 10.7. The standard InChI is InChI=1S/C49H36N4/c1-49(2)44-27-32(31-50)19-25-42(44)43-26-24-40(30-45(43)49)38-16-9-15-37(28-38)39-17-10-18-41(29-39)48-52-46(35-13-7-4-8-14-35)51-47(53-48)36-22-20-34(21-23-36)33-11-5-3-6-12-33/h3-16,18-30,39H,17H2,1-2H3. The highest BCUT2D eigenvalue weighted by Gasteiger charge is 2.35. The van der Waals surface area contributed by atoms with Gasteiger partial charge in [0, 0.05) is 28.0 Å². The minimum atomic E-state index is -0.192. The summed E-state index contributed by atoms with van der Waals surface area (Å²) in [5.41, 5.74) is 14.3. The molecule has 0 radical (unpaired) electrons. The second kappa shape index (κ2) is 13.1. The van der Waals surface area contributed by atoms with Crippen LogP contribution in [0, 0.1) is 11.3 Å². The van der Waals surface area contributed by atoms with Crippen LogP contribution < -0.4 is 0 Å². The van der Waals surface area contributed by atoms with Crippen molar-refractivity contribution in [1.29, 1.82) is 5.26 Å². The highest BCUT2D eigenvalue weighted by atomic mass is 15.0. The van der Waals surface area contributed by atoms with Gasteiger partial charge in [-0.15, -0.1) is 0 Å². The molecule has 0 fully saturated rings. The van der Waals surface area contributed by atoms with Crippen LogP contribution in [-0.4, -0.2) is 15.0 Å². The van der Waals surface area contributed by atoms with Crippen molar-refractivity contribution in [3.8, 4) is 62.2 Å². The van der Waals surface area contributed by atoms with E-state index < -0.39 is 0 Å². The molecule has 4 heteroatoms. The first-order chi connectivity index (χ1) is 25.9. The van der Waals surface area contributed by atoms with Crippen LogP contribution in [-0.2, 0) is 5.41 Å². The van der Waals surface area contributed by atoms with Crippen molar-refractivity contribution in [3.63, 3.8) is 0 Å². The summed E-state index contributed by atoms with van der Waals surface area (Å²) in [4.78, 5) is 15.1. The van der Waals surface area contributed by atoms with E-state index in [1.807, 2.05) is 42.5 Å². The Balaban J connectivity index is 1.05. The van der Waals surface area contributed by atoms with Crippen LogP contribution >= 0.6 is 0 Å². The second-order valence-corrected chi connectivity index (χ2v) is 14.4. The lowest BCUT2D eigenvalue weighted by atomic mass is 9.81. The molecule has 7 aromatic rings. The topological polar surface area (TPSA) is 62.5 Å². The maximum Gasteiger partial charge on any atom is 0.164 e. The second-order valence-electron chi connectivity index (χ2n) is 14.4. The molecule has 1 atom stereocenters. The molecule has 0 saturated heterocycles. The summed E-state index contributed by atoms with van der Waals surface area (Å²) in [6, 6.07) is 53.1. The molecule has 9 rings (SSSR count). The number of hydrogen-bond donors (Lipinski definition) is 0. The summed E-state index contributed by atoms with van der Waals surface area (Å²) >= 11 is 0. The van der Waals surface area contributed by atoms with Crippen molar-refractivity contribution < 1.29 is 0 Å². The molecule has 0 spiro atoms. The van der Waals surface area contributed by atoms with Gasteiger partial charge < -0.3 is 0 Å². The number of aromatic nitrogens is 3. The van der Waals surface area contributed by atoms with Crippen LogP contribution in [0.1, 0.15) is 54.3 Å². The molecule has 1 unspecified atom stereocenters. The largest absolute Gasteiger partial charge is 0.208 e. The number of nitrogens with zero attached hydrogens (tertiary/aromatic N) is 4. The van der Waals surface area contributed by atoms with Crippen LogP contribution in [0.5, 0.6) is 0 Å². The Kier molecular flexibility index (Phi) is 7.98. The van der Waals surface area contributed by atoms with Crippen LogP contribution in [0.25, 0.3) is 61.7 Å². The predicted octanol–water partition coefficient (Wildman–Crippen LogP) is 11.8. The summed E-state index contributed by atoms with van der Waals surface area (Å²) in [6.45, 7) is 4.52. The number of allylic oxidation sites excluding steroid dienone is 4. The van der Waals surface area contributed by atoms with E-state index in [1.54, 1.807) is 0 Å². The van der Waals surface area contributed by atoms with Crippen LogP contribution in [0.15, 0.2) is 164 Å². The van der Waals surface area contributed by atoms with E-state index >= 15 is 0 Å². The smallest absolute Gasteiger partial charge is 0.164 e. The predicted molar refractivity (Wildman–Crippen MR) is 215 cm³/mol. The summed E-state index contributed by atoms with van der Waals surface area (Å²) in [5, 5.41) is 9.56. The van der Waals surface area contributed by atoms with Crippen LogP contribution in [0.4, 0.5) is 0 Å². The van der Waals surface area contributed by atoms with E-state index in [-0.39, 0.29) is 11.3 Å². The van der Waals surface area contributed by atoms with Gasteiger partial charge in [0.1, 0.15) is 0 Å². The van der Waals surface area contributed by atoms with E-state index in [0.717, 1.165) is 28.7 Å². The molecule has 2 aliphatic rings. The number of rotatable bonds is 6. The van der Waals surface area contributed by atoms with Crippen LogP contribution in [0.3, 0.4) is 0 Å². The Morgan fingerprint density at radius 1 is 0.547 bits per heavy atom. The Labute approximate surface area is 310 Å². The number of benzene rings is 6. The average molecular weight is 681 g/mol. The van der Waals surface area contributed by atoms with Crippen molar-refractivity contribution in [2.45, 2.75) is 31.6 Å². The molecule has 0 saturated carbocycles. The van der Waals surface area contributed by atoms with Crippen LogP contribution in [0.2, 0.25) is 0 Å². The first-order valence-corrected chi connectivity index (χ1v) is 18.1. The van der Waals surface area contributed by atoms with Gasteiger partial charge in [-0.3, -0.25) is 0 Å². The molecule has 53 heavy (non-hydrogen) atoms. The normalized spacial score (nSPS) is 15.3. The van der Waals surface area contributed by atoms with Crippen molar-refractivity contribution in [3.05, 3.63) is 192 Å². The number of nitriles is 1. The van der Waals surface area contributed by atoms with E-state index in [2.05, 4.69) is 141 Å². The maximum absolute atomic E-state index is 9.56. The zero-order chi connectivity index (χ0) is 35.9. The summed E-state index contributed by atoms with van der Waals surface area (Å²) in [7, 11) is 0. The molecule has 4 nitrogen and oxygen atoms in total. The highest BCUT2D eigenvalue weighted by Crippen LogP contribution is 2.50. The molecule has 0 aliphatic heterocycles. The number of hydrogen-bond acceptors (Lipinski definition) is 4.